The molecule has 2 aromatic heterocycles. The molecule has 2 fully saturated rings. The fourth-order valence-electron chi connectivity index (χ4n) is 6.09. The number of amides is 4. The van der Waals surface area contributed by atoms with Crippen LogP contribution in [0, 0.1) is 11.8 Å². The minimum Gasteiger partial charge on any atom is -0.387 e. The highest BCUT2D eigenvalue weighted by Gasteiger charge is 2.47. The van der Waals surface area contributed by atoms with Crippen LogP contribution in [0.3, 0.4) is 0 Å². The number of hydrogen-bond donors (Lipinski definition) is 12. The van der Waals surface area contributed by atoms with Crippen LogP contribution in [-0.4, -0.2) is 112 Å². The van der Waals surface area contributed by atoms with Crippen LogP contribution in [0.1, 0.15) is 76.5 Å². The smallest absolute Gasteiger partial charge is 0.387 e. The molecule has 58 heavy (non-hydrogen) atoms. The van der Waals surface area contributed by atoms with Gasteiger partial charge in [-0.1, -0.05) is 31.1 Å². The summed E-state index contributed by atoms with van der Waals surface area (Å²) in [6, 6.07) is 0.0494. The summed E-state index contributed by atoms with van der Waals surface area (Å²) in [7, 11) is -17.1. The Balaban J connectivity index is 1.22. The van der Waals surface area contributed by atoms with Crippen molar-refractivity contribution in [1.82, 2.24) is 35.8 Å². The number of nitrogen functional groups attached to an aromatic ring is 1. The lowest BCUT2D eigenvalue weighted by atomic mass is 10.0. The van der Waals surface area contributed by atoms with Gasteiger partial charge in [0.05, 0.1) is 30.1 Å². The molecule has 4 rings (SSSR count). The van der Waals surface area contributed by atoms with E-state index >= 15 is 0 Å². The fraction of sp³-hybridized carbons (Fsp3) is 0.633. The summed E-state index contributed by atoms with van der Waals surface area (Å²) in [5.41, 5.74) is 4.88. The molecule has 13 N–H and O–H groups in total. The lowest BCUT2D eigenvalue weighted by molar-refractivity contribution is -0.122. The maximum Gasteiger partial charge on any atom is 0.490 e. The van der Waals surface area contributed by atoms with Gasteiger partial charge in [0, 0.05) is 31.6 Å². The Labute approximate surface area is 330 Å². The number of aromatic amines is 1. The van der Waals surface area contributed by atoms with Gasteiger partial charge in [0.1, 0.15) is 18.3 Å². The molecule has 0 radical (unpaired) electrons. The van der Waals surface area contributed by atoms with Gasteiger partial charge in [-0.25, -0.2) is 18.5 Å². The van der Waals surface area contributed by atoms with Crippen LogP contribution in [0.4, 0.5) is 10.7 Å². The van der Waals surface area contributed by atoms with Crippen molar-refractivity contribution < 1.29 is 75.7 Å². The Hall–Kier alpha value is -3.72. The topological polar surface area (TPSA) is 386 Å². The first-order chi connectivity index (χ1) is 27.1. The second-order valence-electron chi connectivity index (χ2n) is 13.4. The molecule has 8 atom stereocenters. The van der Waals surface area contributed by atoms with E-state index in [0.717, 1.165) is 30.3 Å². The van der Waals surface area contributed by atoms with E-state index in [9.17, 15) is 52.9 Å². The van der Waals surface area contributed by atoms with E-state index in [2.05, 4.69) is 56.2 Å². The monoisotopic (exact) mass is 884 g/mol. The number of fused-ring (bicyclic) bond motifs is 1. The standard InChI is InChI=1S/C30H47N8O17P3/c1-17-19(35-30(44)34-17)10-4-2-5-11-21(39)32-13-7-3-6-12-22(40)33-14-8-9-18-15-38(26-23(18)27(43)37-29(31)36-26)28-25(42)24(41)20(53-28)16-52-57(48,49)55-58(50,51)54-56(45,46)47/h15,17,19-20,24-25,28,41-42H,2-7,10-14,16H2,1H3,(H,32,39)(H,33,40)(H,48,49)(H,50,51)(H2,34,35,44)(H2,45,46,47)(H3,31,36,37,43)/t17-,19+,20+,24+,25+,28+/m0/s1. The van der Waals surface area contributed by atoms with Crippen molar-refractivity contribution in [2.75, 3.05) is 25.4 Å². The highest BCUT2D eigenvalue weighted by atomic mass is 31.3. The number of hydrogen-bond acceptors (Lipinski definition) is 15. The Morgan fingerprint density at radius 3 is 2.28 bits per heavy atom. The van der Waals surface area contributed by atoms with Gasteiger partial charge in [-0.05, 0) is 32.6 Å². The van der Waals surface area contributed by atoms with Gasteiger partial charge in [-0.2, -0.15) is 13.6 Å². The molecule has 4 amide bonds. The van der Waals surface area contributed by atoms with Crippen molar-refractivity contribution in [3.8, 4) is 11.8 Å². The predicted molar refractivity (Wildman–Crippen MR) is 200 cm³/mol. The number of phosphoric acid groups is 3. The normalized spacial score (nSPS) is 23.9. The number of phosphoric ester groups is 1. The van der Waals surface area contributed by atoms with E-state index in [1.165, 1.54) is 6.20 Å². The van der Waals surface area contributed by atoms with Gasteiger partial charge in [0.2, 0.25) is 17.8 Å². The number of rotatable bonds is 21. The van der Waals surface area contributed by atoms with E-state index in [0.29, 0.717) is 32.2 Å². The molecule has 0 spiro atoms. The molecule has 0 bridgehead atoms. The molecular weight excluding hydrogens is 837 g/mol. The number of carbonyl (C=O) groups excluding carboxylic acids is 3. The Morgan fingerprint density at radius 2 is 1.62 bits per heavy atom. The Bertz CT molecular complexity index is 2070. The van der Waals surface area contributed by atoms with Crippen LogP contribution in [0.2, 0.25) is 0 Å². The van der Waals surface area contributed by atoms with Crippen LogP contribution in [0.15, 0.2) is 11.0 Å². The lowest BCUT2D eigenvalue weighted by Gasteiger charge is -2.19. The van der Waals surface area contributed by atoms with Crippen molar-refractivity contribution in [2.45, 2.75) is 101 Å². The second kappa shape index (κ2) is 20.5. The summed E-state index contributed by atoms with van der Waals surface area (Å²) in [4.78, 5) is 91.5. The third-order valence-corrected chi connectivity index (χ3v) is 12.6. The molecule has 2 saturated heterocycles. The zero-order valence-electron chi connectivity index (χ0n) is 31.0. The molecule has 4 heterocycles. The average Bonchev–Trinajstić information content (AvgIpc) is 3.72. The van der Waals surface area contributed by atoms with E-state index < -0.39 is 60.2 Å². The quantitative estimate of drug-likeness (QED) is 0.0424. The van der Waals surface area contributed by atoms with E-state index in [1.807, 2.05) is 6.92 Å². The van der Waals surface area contributed by atoms with Gasteiger partial charge in [-0.3, -0.25) is 23.9 Å². The van der Waals surface area contributed by atoms with Crippen molar-refractivity contribution in [3.63, 3.8) is 0 Å². The number of aliphatic hydroxyl groups is 2. The number of nitrogens with zero attached hydrogens (tertiary/aromatic N) is 2. The third kappa shape index (κ3) is 14.2. The van der Waals surface area contributed by atoms with Crippen LogP contribution in [-0.2, 0) is 41.2 Å². The van der Waals surface area contributed by atoms with E-state index in [1.54, 1.807) is 0 Å². The maximum absolute atomic E-state index is 12.9. The first-order valence-electron chi connectivity index (χ1n) is 17.9. The number of anilines is 1. The molecule has 2 aliphatic rings. The number of unbranched alkanes of at least 4 members (excludes halogenated alkanes) is 4. The summed E-state index contributed by atoms with van der Waals surface area (Å²) in [5, 5.41) is 32.4. The fourth-order valence-corrected chi connectivity index (χ4v) is 9.12. The maximum atomic E-state index is 12.9. The number of aromatic nitrogens is 3. The van der Waals surface area contributed by atoms with Crippen LogP contribution >= 0.6 is 23.5 Å². The Morgan fingerprint density at radius 1 is 0.948 bits per heavy atom. The van der Waals surface area contributed by atoms with Gasteiger partial charge in [-0.15, -0.1) is 0 Å². The van der Waals surface area contributed by atoms with Crippen molar-refractivity contribution in [2.24, 2.45) is 0 Å². The minimum absolute atomic E-state index is 0.0358. The van der Waals surface area contributed by atoms with Crippen molar-refractivity contribution in [3.05, 3.63) is 22.1 Å². The molecule has 25 nitrogen and oxygen atoms in total. The zero-order valence-corrected chi connectivity index (χ0v) is 33.7. The van der Waals surface area contributed by atoms with Crippen LogP contribution in [0.5, 0.6) is 0 Å². The highest BCUT2D eigenvalue weighted by Crippen LogP contribution is 2.66. The first kappa shape index (κ1) is 47.0. The molecule has 324 valence electrons. The van der Waals surface area contributed by atoms with Gasteiger partial charge in [0.15, 0.2) is 11.9 Å². The summed E-state index contributed by atoms with van der Waals surface area (Å²) in [6.07, 6.45) is 0.374. The number of nitrogens with two attached hydrogens (primary N) is 1. The molecule has 0 aliphatic carbocycles. The highest BCUT2D eigenvalue weighted by molar-refractivity contribution is 7.66. The van der Waals surface area contributed by atoms with Gasteiger partial charge < -0.3 is 66.1 Å². The first-order valence-corrected chi connectivity index (χ1v) is 22.5. The number of ether oxygens (including phenoxy) is 1. The second-order valence-corrected chi connectivity index (χ2v) is 17.8. The summed E-state index contributed by atoms with van der Waals surface area (Å²) >= 11 is 0. The summed E-state index contributed by atoms with van der Waals surface area (Å²) in [6.45, 7) is 1.24. The van der Waals surface area contributed by atoms with Crippen molar-refractivity contribution in [1.29, 1.82) is 0 Å². The SMILES string of the molecule is C[C@@H]1NC(=O)N[C@@H]1CCCCCC(=O)NCCCCCC(=O)NCC#Cc1cn([C@@H]2O[C@H](COP(=O)(O)OP(=O)(O)OP(=O)(O)O)[C@@H](O)[C@H]2O)c2nc(N)[nH]c(=O)c12. The molecular formula is C30H47N8O17P3. The van der Waals surface area contributed by atoms with Gasteiger partial charge in [0.25, 0.3) is 5.56 Å². The number of H-pyrrole nitrogens is 1. The third-order valence-electron chi connectivity index (χ3n) is 8.83. The van der Waals surface area contributed by atoms with Crippen molar-refractivity contribution >= 4 is 58.3 Å². The van der Waals surface area contributed by atoms with Crippen LogP contribution < -0.4 is 32.6 Å². The largest absolute Gasteiger partial charge is 0.490 e. The number of nitrogens with one attached hydrogen (secondary N) is 5. The Kier molecular flexibility index (Phi) is 16.6. The predicted octanol–water partition coefficient (Wildman–Crippen LogP) is -0.566. The summed E-state index contributed by atoms with van der Waals surface area (Å²) in [5.74, 6) is 4.78. The number of carbonyl (C=O) groups is 3. The average molecular weight is 885 g/mol. The minimum atomic E-state index is -5.82. The van der Waals surface area contributed by atoms with Gasteiger partial charge >= 0.3 is 29.5 Å². The molecule has 2 aromatic rings. The number of aliphatic hydroxyl groups excluding tert-OH is 2. The van der Waals surface area contributed by atoms with E-state index in [4.69, 9.17) is 20.3 Å². The summed E-state index contributed by atoms with van der Waals surface area (Å²) < 4.78 is 53.1. The lowest BCUT2D eigenvalue weighted by Crippen LogP contribution is -2.33. The molecule has 2 unspecified atom stereocenters. The van der Waals surface area contributed by atoms with Crippen LogP contribution in [0.25, 0.3) is 11.0 Å². The van der Waals surface area contributed by atoms with E-state index in [-0.39, 0.29) is 65.4 Å². The molecule has 2 aliphatic heterocycles. The molecule has 0 aromatic carbocycles. The number of urea groups is 1. The molecule has 0 saturated carbocycles. The zero-order chi connectivity index (χ0) is 42.8. The molecule has 28 heteroatoms.